The van der Waals surface area contributed by atoms with E-state index in [9.17, 15) is 4.79 Å². The zero-order chi connectivity index (χ0) is 12.4. The first-order valence-electron chi connectivity index (χ1n) is 5.25. The fourth-order valence-electron chi connectivity index (χ4n) is 1.02. The Morgan fingerprint density at radius 1 is 1.38 bits per heavy atom. The van der Waals surface area contributed by atoms with Gasteiger partial charge < -0.3 is 11.1 Å². The van der Waals surface area contributed by atoms with Crippen molar-refractivity contribution in [3.8, 4) is 0 Å². The van der Waals surface area contributed by atoms with Crippen molar-refractivity contribution in [2.75, 3.05) is 5.32 Å². The van der Waals surface area contributed by atoms with Gasteiger partial charge in [-0.3, -0.25) is 9.78 Å². The third-order valence-corrected chi connectivity index (χ3v) is 3.10. The molecule has 0 saturated carbocycles. The highest BCUT2D eigenvalue weighted by atomic mass is 16.2. The minimum Gasteiger partial charge on any atom is -0.325 e. The van der Waals surface area contributed by atoms with Crippen molar-refractivity contribution in [2.24, 2.45) is 11.1 Å². The number of nitrogens with one attached hydrogen (secondary N) is 1. The third kappa shape index (κ3) is 2.58. The van der Waals surface area contributed by atoms with Crippen LogP contribution >= 0.6 is 0 Å². The van der Waals surface area contributed by atoms with E-state index in [1.54, 1.807) is 24.5 Å². The molecule has 16 heavy (non-hydrogen) atoms. The number of hydrogen-bond acceptors (Lipinski definition) is 3. The fraction of sp³-hybridized carbons (Fsp3) is 0.500. The molecule has 0 saturated heterocycles. The summed E-state index contributed by atoms with van der Waals surface area (Å²) < 4.78 is 0. The molecular formula is C12H19N3O. The maximum absolute atomic E-state index is 12.1. The van der Waals surface area contributed by atoms with Crippen molar-refractivity contribution < 1.29 is 4.79 Å². The minimum atomic E-state index is -0.650. The summed E-state index contributed by atoms with van der Waals surface area (Å²) in [5.74, 6) is -0.104. The van der Waals surface area contributed by atoms with Crippen LogP contribution in [0.2, 0.25) is 0 Å². The lowest BCUT2D eigenvalue weighted by Gasteiger charge is -2.36. The van der Waals surface area contributed by atoms with Gasteiger partial charge in [-0.1, -0.05) is 0 Å². The Bertz CT molecular complexity index is 366. The summed E-state index contributed by atoms with van der Waals surface area (Å²) >= 11 is 0. The van der Waals surface area contributed by atoms with Gasteiger partial charge >= 0.3 is 0 Å². The molecule has 0 spiro atoms. The Labute approximate surface area is 96.3 Å². The highest BCUT2D eigenvalue weighted by Gasteiger charge is 2.40. The highest BCUT2D eigenvalue weighted by Crippen LogP contribution is 2.29. The monoisotopic (exact) mass is 221 g/mol. The summed E-state index contributed by atoms with van der Waals surface area (Å²) in [5.41, 5.74) is 5.44. The molecule has 0 fully saturated rings. The Balaban J connectivity index is 2.81. The summed E-state index contributed by atoms with van der Waals surface area (Å²) in [4.78, 5) is 16.0. The standard InChI is InChI=1S/C12H19N3O/c1-11(2,12(3,4)13)10(16)15-9-6-5-7-14-8-9/h5-8H,13H2,1-4H3,(H,15,16). The quantitative estimate of drug-likeness (QED) is 0.817. The predicted molar refractivity (Wildman–Crippen MR) is 64.9 cm³/mol. The van der Waals surface area contributed by atoms with Crippen molar-refractivity contribution in [2.45, 2.75) is 33.2 Å². The molecule has 0 aliphatic rings. The first-order chi connectivity index (χ1) is 7.25. The minimum absolute atomic E-state index is 0.104. The van der Waals surface area contributed by atoms with E-state index in [0.29, 0.717) is 5.69 Å². The van der Waals surface area contributed by atoms with Crippen molar-refractivity contribution in [3.63, 3.8) is 0 Å². The van der Waals surface area contributed by atoms with Gasteiger partial charge in [-0.25, -0.2) is 0 Å². The fourth-order valence-corrected chi connectivity index (χ4v) is 1.02. The van der Waals surface area contributed by atoms with E-state index >= 15 is 0 Å². The summed E-state index contributed by atoms with van der Waals surface area (Å²) in [6, 6.07) is 3.57. The number of carbonyl (C=O) groups is 1. The molecule has 88 valence electrons. The first kappa shape index (κ1) is 12.6. The summed E-state index contributed by atoms with van der Waals surface area (Å²) in [6.07, 6.45) is 3.27. The molecule has 1 heterocycles. The van der Waals surface area contributed by atoms with Crippen LogP contribution in [-0.4, -0.2) is 16.4 Å². The van der Waals surface area contributed by atoms with Gasteiger partial charge in [-0.05, 0) is 39.8 Å². The second-order valence-corrected chi connectivity index (χ2v) is 5.04. The second kappa shape index (κ2) is 4.22. The lowest BCUT2D eigenvalue weighted by Crippen LogP contribution is -2.53. The molecular weight excluding hydrogens is 202 g/mol. The molecule has 0 aromatic carbocycles. The lowest BCUT2D eigenvalue weighted by atomic mass is 9.74. The molecule has 1 aromatic heterocycles. The van der Waals surface area contributed by atoms with Gasteiger partial charge in [0.25, 0.3) is 0 Å². The van der Waals surface area contributed by atoms with Gasteiger partial charge in [0, 0.05) is 11.7 Å². The molecule has 0 atom stereocenters. The van der Waals surface area contributed by atoms with Crippen molar-refractivity contribution >= 4 is 11.6 Å². The largest absolute Gasteiger partial charge is 0.325 e. The number of amides is 1. The summed E-state index contributed by atoms with van der Waals surface area (Å²) in [7, 11) is 0. The van der Waals surface area contributed by atoms with Crippen molar-refractivity contribution in [1.29, 1.82) is 0 Å². The molecule has 1 rings (SSSR count). The van der Waals surface area contributed by atoms with Crippen molar-refractivity contribution in [3.05, 3.63) is 24.5 Å². The zero-order valence-corrected chi connectivity index (χ0v) is 10.2. The van der Waals surface area contributed by atoms with Crippen LogP contribution in [0.3, 0.4) is 0 Å². The van der Waals surface area contributed by atoms with Crippen molar-refractivity contribution in [1.82, 2.24) is 4.98 Å². The van der Waals surface area contributed by atoms with Gasteiger partial charge in [0.1, 0.15) is 0 Å². The van der Waals surface area contributed by atoms with Gasteiger partial charge in [0.05, 0.1) is 17.3 Å². The maximum Gasteiger partial charge on any atom is 0.231 e. The van der Waals surface area contributed by atoms with E-state index in [4.69, 9.17) is 5.73 Å². The van der Waals surface area contributed by atoms with Crippen LogP contribution in [0.15, 0.2) is 24.5 Å². The average Bonchev–Trinajstić information content (AvgIpc) is 2.17. The maximum atomic E-state index is 12.1. The highest BCUT2D eigenvalue weighted by molar-refractivity contribution is 5.95. The molecule has 1 amide bonds. The Morgan fingerprint density at radius 2 is 2.00 bits per heavy atom. The number of nitrogens with two attached hydrogens (primary N) is 1. The number of rotatable bonds is 3. The molecule has 0 unspecified atom stereocenters. The van der Waals surface area contributed by atoms with Gasteiger partial charge in [0.2, 0.25) is 5.91 Å². The second-order valence-electron chi connectivity index (χ2n) is 5.04. The topological polar surface area (TPSA) is 68.0 Å². The number of carbonyl (C=O) groups excluding carboxylic acids is 1. The number of nitrogens with zero attached hydrogens (tertiary/aromatic N) is 1. The number of aromatic nitrogens is 1. The first-order valence-corrected chi connectivity index (χ1v) is 5.25. The molecule has 1 aromatic rings. The molecule has 0 aliphatic heterocycles. The molecule has 0 bridgehead atoms. The van der Waals surface area contributed by atoms with Gasteiger partial charge in [-0.15, -0.1) is 0 Å². The van der Waals surface area contributed by atoms with E-state index < -0.39 is 11.0 Å². The molecule has 4 nitrogen and oxygen atoms in total. The normalized spacial score (nSPS) is 12.3. The van der Waals surface area contributed by atoms with Crippen LogP contribution in [0.5, 0.6) is 0 Å². The van der Waals surface area contributed by atoms with Crippen LogP contribution < -0.4 is 11.1 Å². The number of hydrogen-bond donors (Lipinski definition) is 2. The van der Waals surface area contributed by atoms with Crippen LogP contribution in [0.25, 0.3) is 0 Å². The van der Waals surface area contributed by atoms with Crippen LogP contribution in [0, 0.1) is 5.41 Å². The van der Waals surface area contributed by atoms with E-state index in [-0.39, 0.29) is 5.91 Å². The third-order valence-electron chi connectivity index (χ3n) is 3.10. The molecule has 4 heteroatoms. The summed E-state index contributed by atoms with van der Waals surface area (Å²) in [6.45, 7) is 7.35. The van der Waals surface area contributed by atoms with Crippen LogP contribution in [-0.2, 0) is 4.79 Å². The van der Waals surface area contributed by atoms with E-state index in [1.807, 2.05) is 27.7 Å². The molecule has 0 aliphatic carbocycles. The molecule has 3 N–H and O–H groups in total. The predicted octanol–water partition coefficient (Wildman–Crippen LogP) is 1.78. The van der Waals surface area contributed by atoms with Gasteiger partial charge in [0.15, 0.2) is 0 Å². The SMILES string of the molecule is CC(C)(N)C(C)(C)C(=O)Nc1cccnc1. The Kier molecular flexibility index (Phi) is 3.33. The number of pyridine rings is 1. The van der Waals surface area contributed by atoms with E-state index in [1.165, 1.54) is 0 Å². The van der Waals surface area contributed by atoms with Gasteiger partial charge in [-0.2, -0.15) is 0 Å². The smallest absolute Gasteiger partial charge is 0.231 e. The lowest BCUT2D eigenvalue weighted by molar-refractivity contribution is -0.126. The van der Waals surface area contributed by atoms with E-state index in [2.05, 4.69) is 10.3 Å². The zero-order valence-electron chi connectivity index (χ0n) is 10.2. The summed E-state index contributed by atoms with van der Waals surface area (Å²) in [5, 5.41) is 2.81. The van der Waals surface area contributed by atoms with E-state index in [0.717, 1.165) is 0 Å². The van der Waals surface area contributed by atoms with Crippen LogP contribution in [0.1, 0.15) is 27.7 Å². The molecule has 0 radical (unpaired) electrons. The Morgan fingerprint density at radius 3 is 2.44 bits per heavy atom. The van der Waals surface area contributed by atoms with Crippen LogP contribution in [0.4, 0.5) is 5.69 Å². The Hall–Kier alpha value is -1.42. The average molecular weight is 221 g/mol. The number of anilines is 1.